The first-order valence-corrected chi connectivity index (χ1v) is 7.07. The van der Waals surface area contributed by atoms with Crippen LogP contribution in [0, 0.1) is 5.82 Å². The van der Waals surface area contributed by atoms with Crippen LogP contribution in [0.1, 0.15) is 24.8 Å². The molecule has 1 unspecified atom stereocenters. The summed E-state index contributed by atoms with van der Waals surface area (Å²) in [5, 5.41) is 3.18. The smallest absolute Gasteiger partial charge is 0.137 e. The summed E-state index contributed by atoms with van der Waals surface area (Å²) in [5.74, 6) is -0.132. The predicted octanol–water partition coefficient (Wildman–Crippen LogP) is 3.19. The number of nitrogens with one attached hydrogen (secondary N) is 1. The maximum Gasteiger partial charge on any atom is 0.137 e. The van der Waals surface area contributed by atoms with Crippen molar-refractivity contribution in [3.8, 4) is 0 Å². The van der Waals surface area contributed by atoms with Gasteiger partial charge in [-0.15, -0.1) is 0 Å². The third-order valence-electron chi connectivity index (χ3n) is 3.49. The van der Waals surface area contributed by atoms with Gasteiger partial charge in [-0.2, -0.15) is 0 Å². The highest BCUT2D eigenvalue weighted by Gasteiger charge is 2.08. The number of rotatable bonds is 5. The molecule has 1 aromatic carbocycles. The number of carbonyl (C=O) groups excluding carboxylic acids is 1. The topological polar surface area (TPSA) is 29.1 Å². The predicted molar refractivity (Wildman–Crippen MR) is 79.0 cm³/mol. The van der Waals surface area contributed by atoms with Gasteiger partial charge in [0.15, 0.2) is 0 Å². The largest absolute Gasteiger partial charge is 0.307 e. The van der Waals surface area contributed by atoms with E-state index in [1.165, 1.54) is 11.6 Å². The molecule has 0 saturated carbocycles. The number of aldehydes is 1. The monoisotopic (exact) mass is 273 g/mol. The molecule has 106 valence electrons. The van der Waals surface area contributed by atoms with Crippen molar-refractivity contribution in [3.63, 3.8) is 0 Å². The SMILES string of the molecule is O=CC1CC=C(/C=C/CCc2ccccc2F)CCN1. The second-order valence-electron chi connectivity index (χ2n) is 4.99. The zero-order valence-electron chi connectivity index (χ0n) is 11.5. The van der Waals surface area contributed by atoms with E-state index >= 15 is 0 Å². The first kappa shape index (κ1) is 14.7. The van der Waals surface area contributed by atoms with Crippen LogP contribution in [-0.2, 0) is 11.2 Å². The summed E-state index contributed by atoms with van der Waals surface area (Å²) in [7, 11) is 0. The number of allylic oxidation sites excluding steroid dienone is 2. The molecule has 0 amide bonds. The molecular formula is C17H20FNO. The first-order valence-electron chi connectivity index (χ1n) is 7.07. The summed E-state index contributed by atoms with van der Waals surface area (Å²) in [6.45, 7) is 0.826. The first-order chi connectivity index (χ1) is 9.79. The second kappa shape index (κ2) is 7.75. The minimum absolute atomic E-state index is 0.0562. The molecule has 1 aromatic rings. The lowest BCUT2D eigenvalue weighted by Crippen LogP contribution is -2.29. The second-order valence-corrected chi connectivity index (χ2v) is 4.99. The van der Waals surface area contributed by atoms with Gasteiger partial charge in [-0.05, 0) is 43.9 Å². The van der Waals surface area contributed by atoms with Gasteiger partial charge in [0.1, 0.15) is 12.1 Å². The summed E-state index contributed by atoms with van der Waals surface area (Å²) in [6.07, 6.45) is 10.5. The molecule has 0 fully saturated rings. The van der Waals surface area contributed by atoms with Crippen LogP contribution in [0.5, 0.6) is 0 Å². The molecule has 0 spiro atoms. The van der Waals surface area contributed by atoms with Gasteiger partial charge in [-0.3, -0.25) is 0 Å². The Kier molecular flexibility index (Phi) is 5.69. The van der Waals surface area contributed by atoms with Crippen LogP contribution in [0.25, 0.3) is 0 Å². The quantitative estimate of drug-likeness (QED) is 0.835. The molecule has 3 heteroatoms. The van der Waals surface area contributed by atoms with Gasteiger partial charge in [0.25, 0.3) is 0 Å². The molecule has 0 aliphatic carbocycles. The average molecular weight is 273 g/mol. The fourth-order valence-electron chi connectivity index (χ4n) is 2.30. The number of halogens is 1. The van der Waals surface area contributed by atoms with Crippen LogP contribution in [0.3, 0.4) is 0 Å². The van der Waals surface area contributed by atoms with Gasteiger partial charge < -0.3 is 10.1 Å². The molecule has 1 heterocycles. The Bertz CT molecular complexity index is 507. The molecule has 1 N–H and O–H groups in total. The fourth-order valence-corrected chi connectivity index (χ4v) is 2.30. The van der Waals surface area contributed by atoms with E-state index in [1.807, 2.05) is 12.1 Å². The van der Waals surface area contributed by atoms with Crippen molar-refractivity contribution in [3.05, 3.63) is 59.4 Å². The van der Waals surface area contributed by atoms with Crippen molar-refractivity contribution in [2.45, 2.75) is 31.7 Å². The van der Waals surface area contributed by atoms with Gasteiger partial charge in [-0.1, -0.05) is 42.0 Å². The summed E-state index contributed by atoms with van der Waals surface area (Å²) < 4.78 is 13.4. The Morgan fingerprint density at radius 3 is 3.00 bits per heavy atom. The van der Waals surface area contributed by atoms with E-state index in [4.69, 9.17) is 0 Å². The average Bonchev–Trinajstić information content (AvgIpc) is 2.70. The Labute approximate surface area is 119 Å². The lowest BCUT2D eigenvalue weighted by atomic mass is 10.1. The molecule has 0 aromatic heterocycles. The van der Waals surface area contributed by atoms with Gasteiger partial charge in [0.2, 0.25) is 0 Å². The van der Waals surface area contributed by atoms with Crippen molar-refractivity contribution in [2.75, 3.05) is 6.54 Å². The zero-order chi connectivity index (χ0) is 14.2. The Hall–Kier alpha value is -1.74. The third kappa shape index (κ3) is 4.42. The number of hydrogen-bond acceptors (Lipinski definition) is 2. The molecule has 1 aliphatic heterocycles. The standard InChI is InChI=1S/C17H20FNO/c18-17-8-4-3-7-15(17)6-2-1-5-14-9-10-16(13-20)19-12-11-14/h1,3-5,7-9,13,16,19H,2,6,10-12H2/b5-1+. The molecule has 1 atom stereocenters. The van der Waals surface area contributed by atoms with Crippen LogP contribution in [0.4, 0.5) is 4.39 Å². The Balaban J connectivity index is 1.83. The van der Waals surface area contributed by atoms with E-state index < -0.39 is 0 Å². The minimum atomic E-state index is -0.132. The Morgan fingerprint density at radius 1 is 1.35 bits per heavy atom. The van der Waals surface area contributed by atoms with Gasteiger partial charge in [0, 0.05) is 0 Å². The summed E-state index contributed by atoms with van der Waals surface area (Å²) >= 11 is 0. The lowest BCUT2D eigenvalue weighted by Gasteiger charge is -2.04. The zero-order valence-corrected chi connectivity index (χ0v) is 11.5. The van der Waals surface area contributed by atoms with Gasteiger partial charge >= 0.3 is 0 Å². The summed E-state index contributed by atoms with van der Waals surface area (Å²) in [6, 6.07) is 6.84. The molecule has 2 rings (SSSR count). The van der Waals surface area contributed by atoms with E-state index in [0.717, 1.165) is 37.7 Å². The number of carbonyl (C=O) groups is 1. The maximum atomic E-state index is 13.4. The molecule has 0 saturated heterocycles. The van der Waals surface area contributed by atoms with Crippen molar-refractivity contribution in [1.82, 2.24) is 5.32 Å². The van der Waals surface area contributed by atoms with Gasteiger partial charge in [0.05, 0.1) is 6.04 Å². The Morgan fingerprint density at radius 2 is 2.20 bits per heavy atom. The normalized spacial score (nSPS) is 19.6. The lowest BCUT2D eigenvalue weighted by molar-refractivity contribution is -0.109. The van der Waals surface area contributed by atoms with Crippen LogP contribution < -0.4 is 5.32 Å². The van der Waals surface area contributed by atoms with Crippen LogP contribution in [0.2, 0.25) is 0 Å². The van der Waals surface area contributed by atoms with Crippen LogP contribution in [-0.4, -0.2) is 18.9 Å². The third-order valence-corrected chi connectivity index (χ3v) is 3.49. The van der Waals surface area contributed by atoms with Crippen molar-refractivity contribution < 1.29 is 9.18 Å². The molecule has 2 nitrogen and oxygen atoms in total. The molecular weight excluding hydrogens is 253 g/mol. The fraction of sp³-hybridized carbons (Fsp3) is 0.353. The van der Waals surface area contributed by atoms with E-state index in [1.54, 1.807) is 6.07 Å². The van der Waals surface area contributed by atoms with E-state index in [0.29, 0.717) is 6.42 Å². The molecule has 0 bridgehead atoms. The van der Waals surface area contributed by atoms with Crippen molar-refractivity contribution in [2.24, 2.45) is 0 Å². The van der Waals surface area contributed by atoms with Crippen molar-refractivity contribution >= 4 is 6.29 Å². The van der Waals surface area contributed by atoms with E-state index in [2.05, 4.69) is 23.5 Å². The summed E-state index contributed by atoms with van der Waals surface area (Å²) in [5.41, 5.74) is 2.00. The van der Waals surface area contributed by atoms with E-state index in [-0.39, 0.29) is 11.9 Å². The molecule has 0 radical (unpaired) electrons. The molecule has 1 aliphatic rings. The number of benzene rings is 1. The minimum Gasteiger partial charge on any atom is -0.307 e. The van der Waals surface area contributed by atoms with Crippen molar-refractivity contribution in [1.29, 1.82) is 0 Å². The number of hydrogen-bond donors (Lipinski definition) is 1. The van der Waals surface area contributed by atoms with Gasteiger partial charge in [-0.25, -0.2) is 4.39 Å². The highest BCUT2D eigenvalue weighted by atomic mass is 19.1. The highest BCUT2D eigenvalue weighted by Crippen LogP contribution is 2.12. The number of aryl methyl sites for hydroxylation is 1. The summed E-state index contributed by atoms with van der Waals surface area (Å²) in [4.78, 5) is 10.7. The van der Waals surface area contributed by atoms with E-state index in [9.17, 15) is 9.18 Å². The highest BCUT2D eigenvalue weighted by molar-refractivity contribution is 5.58. The molecule has 20 heavy (non-hydrogen) atoms. The van der Waals surface area contributed by atoms with Crippen LogP contribution >= 0.6 is 0 Å². The maximum absolute atomic E-state index is 13.4. The van der Waals surface area contributed by atoms with Crippen LogP contribution in [0.15, 0.2) is 48.1 Å².